The second-order valence-electron chi connectivity index (χ2n) is 7.74. The van der Waals surface area contributed by atoms with Crippen molar-refractivity contribution in [2.24, 2.45) is 0 Å². The number of ether oxygens (including phenoxy) is 1. The molecule has 11 heteroatoms. The van der Waals surface area contributed by atoms with E-state index < -0.39 is 12.7 Å². The standard InChI is InChI=1S/C26H20ClN5O4S/c1-30-23-22(15-4-8-20(9-5-15)35-13-19(34)11-33)21(10-28)26(32-24(23)29)37-14-18-12-36-25(31-18)16-2-6-17(27)7-3-16/h2-9,12,19,33-34H,11,13-14H2,(H2,29,32). The van der Waals surface area contributed by atoms with E-state index in [0.717, 1.165) is 5.56 Å². The van der Waals surface area contributed by atoms with E-state index in [1.54, 1.807) is 36.4 Å². The van der Waals surface area contributed by atoms with Gasteiger partial charge in [0.15, 0.2) is 0 Å². The van der Waals surface area contributed by atoms with E-state index >= 15 is 0 Å². The number of nitrogen functional groups attached to an aromatic ring is 1. The minimum absolute atomic E-state index is 0.0138. The minimum atomic E-state index is -0.995. The number of rotatable bonds is 9. The molecule has 0 bridgehead atoms. The molecule has 0 fully saturated rings. The van der Waals surface area contributed by atoms with Crippen molar-refractivity contribution in [2.75, 3.05) is 18.9 Å². The van der Waals surface area contributed by atoms with Crippen molar-refractivity contribution < 1.29 is 19.4 Å². The van der Waals surface area contributed by atoms with E-state index in [1.807, 2.05) is 12.1 Å². The number of hydrogen-bond acceptors (Lipinski definition) is 9. The highest BCUT2D eigenvalue weighted by Gasteiger charge is 2.21. The molecule has 9 nitrogen and oxygen atoms in total. The molecular weight excluding hydrogens is 514 g/mol. The summed E-state index contributed by atoms with van der Waals surface area (Å²) in [6, 6.07) is 15.9. The monoisotopic (exact) mass is 533 g/mol. The summed E-state index contributed by atoms with van der Waals surface area (Å²) >= 11 is 7.20. The van der Waals surface area contributed by atoms with E-state index in [1.165, 1.54) is 18.0 Å². The SMILES string of the molecule is [C-]#[N+]c1c(N)nc(SCc2coc(-c3ccc(Cl)cc3)n2)c(C#N)c1-c1ccc(OCC(O)CO)cc1. The summed E-state index contributed by atoms with van der Waals surface area (Å²) in [6.45, 7) is 7.13. The number of nitriles is 1. The molecule has 186 valence electrons. The zero-order chi connectivity index (χ0) is 26.4. The van der Waals surface area contributed by atoms with Crippen LogP contribution < -0.4 is 10.5 Å². The molecule has 2 heterocycles. The van der Waals surface area contributed by atoms with Crippen LogP contribution in [0.5, 0.6) is 5.75 Å². The number of benzene rings is 2. The van der Waals surface area contributed by atoms with Gasteiger partial charge in [-0.25, -0.2) is 14.8 Å². The minimum Gasteiger partial charge on any atom is -0.491 e. The van der Waals surface area contributed by atoms with Crippen molar-refractivity contribution in [2.45, 2.75) is 16.9 Å². The van der Waals surface area contributed by atoms with E-state index in [4.69, 9.17) is 38.2 Å². The molecule has 2 aromatic heterocycles. The van der Waals surface area contributed by atoms with Crippen LogP contribution >= 0.6 is 23.4 Å². The molecule has 0 amide bonds. The number of halogens is 1. The average molecular weight is 534 g/mol. The highest BCUT2D eigenvalue weighted by molar-refractivity contribution is 7.98. The zero-order valence-electron chi connectivity index (χ0n) is 19.3. The Morgan fingerprint density at radius 1 is 1.16 bits per heavy atom. The summed E-state index contributed by atoms with van der Waals surface area (Å²) in [7, 11) is 0. The van der Waals surface area contributed by atoms with Gasteiger partial charge in [-0.3, -0.25) is 0 Å². The van der Waals surface area contributed by atoms with Crippen LogP contribution in [0.15, 0.2) is 64.2 Å². The van der Waals surface area contributed by atoms with Crippen LogP contribution in [0.1, 0.15) is 11.3 Å². The lowest BCUT2D eigenvalue weighted by Gasteiger charge is -2.14. The highest BCUT2D eigenvalue weighted by Crippen LogP contribution is 2.42. The summed E-state index contributed by atoms with van der Waals surface area (Å²) in [4.78, 5) is 12.3. The molecule has 1 atom stereocenters. The Kier molecular flexibility index (Phi) is 8.29. The summed E-state index contributed by atoms with van der Waals surface area (Å²) < 4.78 is 11.0. The molecule has 0 saturated carbocycles. The molecule has 37 heavy (non-hydrogen) atoms. The Bertz CT molecular complexity index is 1480. The summed E-state index contributed by atoms with van der Waals surface area (Å²) in [6.07, 6.45) is 0.540. The predicted octanol–water partition coefficient (Wildman–Crippen LogP) is 5.09. The van der Waals surface area contributed by atoms with Crippen LogP contribution in [0.3, 0.4) is 0 Å². The van der Waals surface area contributed by atoms with Crippen LogP contribution in [-0.4, -0.2) is 39.5 Å². The Labute approximate surface area is 221 Å². The van der Waals surface area contributed by atoms with Crippen LogP contribution in [0.25, 0.3) is 27.4 Å². The first-order chi connectivity index (χ1) is 17.9. The van der Waals surface area contributed by atoms with Gasteiger partial charge in [0.2, 0.25) is 11.6 Å². The van der Waals surface area contributed by atoms with Crippen LogP contribution in [0.2, 0.25) is 5.02 Å². The molecule has 0 spiro atoms. The maximum atomic E-state index is 10.0. The van der Waals surface area contributed by atoms with Crippen molar-refractivity contribution in [3.05, 3.63) is 82.5 Å². The second-order valence-corrected chi connectivity index (χ2v) is 9.14. The number of pyridine rings is 1. The molecule has 0 saturated heterocycles. The first-order valence-electron chi connectivity index (χ1n) is 10.9. The number of hydrogen-bond donors (Lipinski definition) is 3. The largest absolute Gasteiger partial charge is 0.491 e. The van der Waals surface area contributed by atoms with Gasteiger partial charge in [-0.15, -0.1) is 0 Å². The van der Waals surface area contributed by atoms with Crippen LogP contribution in [-0.2, 0) is 5.75 Å². The maximum Gasteiger partial charge on any atom is 0.236 e. The van der Waals surface area contributed by atoms with Crippen molar-refractivity contribution in [1.29, 1.82) is 5.26 Å². The maximum absolute atomic E-state index is 10.0. The topological polar surface area (TPSA) is 143 Å². The Morgan fingerprint density at radius 2 is 1.86 bits per heavy atom. The quantitative estimate of drug-likeness (QED) is 0.198. The third kappa shape index (κ3) is 6.02. The number of aliphatic hydroxyl groups is 2. The predicted molar refractivity (Wildman–Crippen MR) is 140 cm³/mol. The average Bonchev–Trinajstić information content (AvgIpc) is 3.39. The molecule has 2 aromatic carbocycles. The van der Waals surface area contributed by atoms with E-state index in [9.17, 15) is 10.4 Å². The third-order valence-electron chi connectivity index (χ3n) is 5.18. The van der Waals surface area contributed by atoms with Crippen molar-refractivity contribution in [3.8, 4) is 34.4 Å². The lowest BCUT2D eigenvalue weighted by atomic mass is 10.00. The van der Waals surface area contributed by atoms with Crippen LogP contribution in [0.4, 0.5) is 11.5 Å². The van der Waals surface area contributed by atoms with Gasteiger partial charge in [-0.2, -0.15) is 5.26 Å². The first kappa shape index (κ1) is 26.0. The summed E-state index contributed by atoms with van der Waals surface area (Å²) in [5, 5.41) is 29.4. The van der Waals surface area contributed by atoms with Gasteiger partial charge in [0.1, 0.15) is 41.6 Å². The molecule has 4 N–H and O–H groups in total. The van der Waals surface area contributed by atoms with Crippen LogP contribution in [0, 0.1) is 17.9 Å². The zero-order valence-corrected chi connectivity index (χ0v) is 20.8. The molecule has 0 aliphatic rings. The number of nitrogens with zero attached hydrogens (tertiary/aromatic N) is 4. The molecule has 0 aliphatic carbocycles. The van der Waals surface area contributed by atoms with Gasteiger partial charge in [0, 0.05) is 21.9 Å². The Hall–Kier alpha value is -4.06. The fourth-order valence-corrected chi connectivity index (χ4v) is 4.38. The highest BCUT2D eigenvalue weighted by atomic mass is 35.5. The Morgan fingerprint density at radius 3 is 2.51 bits per heavy atom. The number of thioether (sulfide) groups is 1. The normalized spacial score (nSPS) is 11.5. The number of anilines is 1. The lowest BCUT2D eigenvalue weighted by molar-refractivity contribution is 0.0536. The van der Waals surface area contributed by atoms with Gasteiger partial charge in [0.25, 0.3) is 0 Å². The van der Waals surface area contributed by atoms with Gasteiger partial charge in [0.05, 0.1) is 24.4 Å². The van der Waals surface area contributed by atoms with Gasteiger partial charge in [-0.1, -0.05) is 35.5 Å². The van der Waals surface area contributed by atoms with Gasteiger partial charge < -0.3 is 25.1 Å². The number of nitrogens with two attached hydrogens (primary N) is 1. The second kappa shape index (κ2) is 11.8. The number of aliphatic hydroxyl groups excluding tert-OH is 2. The van der Waals surface area contributed by atoms with Gasteiger partial charge in [-0.05, 0) is 42.0 Å². The number of aromatic nitrogens is 2. The van der Waals surface area contributed by atoms with Gasteiger partial charge >= 0.3 is 0 Å². The first-order valence-corrected chi connectivity index (χ1v) is 12.3. The third-order valence-corrected chi connectivity index (χ3v) is 6.45. The van der Waals surface area contributed by atoms with E-state index in [-0.39, 0.29) is 23.7 Å². The molecule has 0 radical (unpaired) electrons. The molecular formula is C26H20ClN5O4S. The molecule has 0 aliphatic heterocycles. The Balaban J connectivity index is 1.60. The van der Waals surface area contributed by atoms with E-state index in [0.29, 0.717) is 44.3 Å². The summed E-state index contributed by atoms with van der Waals surface area (Å²) in [5.74, 6) is 1.27. The molecule has 4 aromatic rings. The lowest BCUT2D eigenvalue weighted by Crippen LogP contribution is -2.21. The molecule has 1 unspecified atom stereocenters. The smallest absolute Gasteiger partial charge is 0.236 e. The van der Waals surface area contributed by atoms with E-state index in [2.05, 4.69) is 20.9 Å². The summed E-state index contributed by atoms with van der Waals surface area (Å²) in [5.41, 5.74) is 8.79. The fraction of sp³-hybridized carbons (Fsp3) is 0.154. The van der Waals surface area contributed by atoms with Crippen molar-refractivity contribution in [3.63, 3.8) is 0 Å². The number of oxazole rings is 1. The molecule has 4 rings (SSSR count). The van der Waals surface area contributed by atoms with Crippen molar-refractivity contribution in [1.82, 2.24) is 9.97 Å². The van der Waals surface area contributed by atoms with Crippen molar-refractivity contribution >= 4 is 34.9 Å². The fourth-order valence-electron chi connectivity index (χ4n) is 3.38.